The minimum atomic E-state index is 0.263. The van der Waals surface area contributed by atoms with Crippen LogP contribution in [0.2, 0.25) is 10.0 Å². The molecule has 3 heteroatoms. The standard InChI is InChI=1S/C14H17BrCl2/c1-13(2)12(14(13,3)4)11(15)9-7-8(16)5-6-10(9)17/h5-7,11-12H,1-4H3. The topological polar surface area (TPSA) is 0 Å². The summed E-state index contributed by atoms with van der Waals surface area (Å²) < 4.78 is 0. The molecule has 94 valence electrons. The molecule has 1 saturated carbocycles. The molecule has 0 N–H and O–H groups in total. The maximum Gasteiger partial charge on any atom is 0.0450 e. The van der Waals surface area contributed by atoms with Crippen LogP contribution >= 0.6 is 39.1 Å². The Morgan fingerprint density at radius 1 is 1.12 bits per heavy atom. The predicted octanol–water partition coefficient (Wildman–Crippen LogP) is 6.11. The Bertz CT molecular complexity index is 438. The lowest BCUT2D eigenvalue weighted by atomic mass is 10.0. The van der Waals surface area contributed by atoms with Crippen molar-refractivity contribution in [1.82, 2.24) is 0 Å². The van der Waals surface area contributed by atoms with Crippen LogP contribution in [0.15, 0.2) is 18.2 Å². The SMILES string of the molecule is CC1(C)C(C(Br)c2cc(Cl)ccc2Cl)C1(C)C. The summed E-state index contributed by atoms with van der Waals surface area (Å²) in [5.41, 5.74) is 1.75. The Kier molecular flexibility index (Phi) is 3.34. The third-order valence-corrected chi connectivity index (χ3v) is 6.28. The molecule has 1 unspecified atom stereocenters. The summed E-state index contributed by atoms with van der Waals surface area (Å²) in [4.78, 5) is 0.263. The maximum absolute atomic E-state index is 6.26. The molecule has 0 radical (unpaired) electrons. The number of benzene rings is 1. The van der Waals surface area contributed by atoms with Crippen molar-refractivity contribution in [3.8, 4) is 0 Å². The van der Waals surface area contributed by atoms with Gasteiger partial charge >= 0.3 is 0 Å². The summed E-state index contributed by atoms with van der Waals surface area (Å²) in [6.07, 6.45) is 0. The normalized spacial score (nSPS) is 23.5. The molecule has 1 atom stereocenters. The second kappa shape index (κ2) is 4.15. The molecule has 1 aromatic carbocycles. The molecule has 0 amide bonds. The number of halogens is 3. The summed E-state index contributed by atoms with van der Waals surface area (Å²) in [7, 11) is 0. The lowest BCUT2D eigenvalue weighted by Crippen LogP contribution is -2.00. The first-order chi connectivity index (χ1) is 7.69. The minimum absolute atomic E-state index is 0.263. The van der Waals surface area contributed by atoms with Crippen LogP contribution in [-0.4, -0.2) is 0 Å². The molecule has 1 aliphatic rings. The van der Waals surface area contributed by atoms with Crippen molar-refractivity contribution in [1.29, 1.82) is 0 Å². The van der Waals surface area contributed by atoms with Gasteiger partial charge < -0.3 is 0 Å². The van der Waals surface area contributed by atoms with E-state index in [1.54, 1.807) is 0 Å². The molecular formula is C14H17BrCl2. The van der Waals surface area contributed by atoms with Gasteiger partial charge in [-0.05, 0) is 40.5 Å². The quantitative estimate of drug-likeness (QED) is 0.572. The fraction of sp³-hybridized carbons (Fsp3) is 0.571. The van der Waals surface area contributed by atoms with E-state index in [2.05, 4.69) is 43.6 Å². The van der Waals surface area contributed by atoms with Crippen LogP contribution in [0.4, 0.5) is 0 Å². The van der Waals surface area contributed by atoms with Crippen LogP contribution in [0.5, 0.6) is 0 Å². The van der Waals surface area contributed by atoms with Gasteiger partial charge in [0.15, 0.2) is 0 Å². The molecule has 0 bridgehead atoms. The predicted molar refractivity (Wildman–Crippen MR) is 79.2 cm³/mol. The summed E-state index contributed by atoms with van der Waals surface area (Å²) >= 11 is 16.1. The monoisotopic (exact) mass is 334 g/mol. The Morgan fingerprint density at radius 3 is 2.12 bits per heavy atom. The summed E-state index contributed by atoms with van der Waals surface area (Å²) in [5, 5.41) is 1.53. The summed E-state index contributed by atoms with van der Waals surface area (Å²) in [5.74, 6) is 0.575. The van der Waals surface area contributed by atoms with E-state index in [0.717, 1.165) is 15.6 Å². The Morgan fingerprint density at radius 2 is 1.65 bits per heavy atom. The Labute approximate surface area is 122 Å². The Balaban J connectivity index is 2.34. The minimum Gasteiger partial charge on any atom is -0.0843 e. The van der Waals surface area contributed by atoms with Crippen molar-refractivity contribution in [3.63, 3.8) is 0 Å². The fourth-order valence-electron chi connectivity index (χ4n) is 2.88. The second-order valence-corrected chi connectivity index (χ2v) is 7.82. The lowest BCUT2D eigenvalue weighted by Gasteiger charge is -2.14. The van der Waals surface area contributed by atoms with Gasteiger partial charge in [0.05, 0.1) is 0 Å². The Hall–Kier alpha value is 0.280. The number of alkyl halides is 1. The fourth-order valence-corrected chi connectivity index (χ4v) is 5.13. The van der Waals surface area contributed by atoms with Crippen molar-refractivity contribution < 1.29 is 0 Å². The molecule has 2 rings (SSSR count). The van der Waals surface area contributed by atoms with Crippen LogP contribution in [0, 0.1) is 16.7 Å². The second-order valence-electron chi connectivity index (χ2n) is 5.99. The number of hydrogen-bond acceptors (Lipinski definition) is 0. The van der Waals surface area contributed by atoms with E-state index in [-0.39, 0.29) is 4.83 Å². The van der Waals surface area contributed by atoms with Crippen molar-refractivity contribution in [2.75, 3.05) is 0 Å². The van der Waals surface area contributed by atoms with Gasteiger partial charge in [-0.15, -0.1) is 0 Å². The summed E-state index contributed by atoms with van der Waals surface area (Å²) in [6.45, 7) is 9.24. The zero-order valence-electron chi connectivity index (χ0n) is 10.5. The zero-order valence-corrected chi connectivity index (χ0v) is 13.6. The van der Waals surface area contributed by atoms with Gasteiger partial charge in [-0.3, -0.25) is 0 Å². The van der Waals surface area contributed by atoms with Crippen molar-refractivity contribution in [2.45, 2.75) is 32.5 Å². The van der Waals surface area contributed by atoms with Crippen LogP contribution in [0.25, 0.3) is 0 Å². The van der Waals surface area contributed by atoms with Crippen molar-refractivity contribution >= 4 is 39.1 Å². The molecule has 1 aromatic rings. The molecule has 0 aliphatic heterocycles. The maximum atomic E-state index is 6.26. The average Bonchev–Trinajstić information content (AvgIpc) is 2.61. The third-order valence-electron chi connectivity index (χ3n) is 4.68. The summed E-state index contributed by atoms with van der Waals surface area (Å²) in [6, 6.07) is 5.67. The molecule has 0 aromatic heterocycles. The first kappa shape index (κ1) is 13.7. The third kappa shape index (κ3) is 2.05. The van der Waals surface area contributed by atoms with Crippen LogP contribution < -0.4 is 0 Å². The lowest BCUT2D eigenvalue weighted by molar-refractivity contribution is 0.457. The molecule has 1 fully saturated rings. The molecule has 17 heavy (non-hydrogen) atoms. The van der Waals surface area contributed by atoms with E-state index >= 15 is 0 Å². The van der Waals surface area contributed by atoms with E-state index in [4.69, 9.17) is 23.2 Å². The molecule has 0 heterocycles. The van der Waals surface area contributed by atoms with Crippen LogP contribution in [0.3, 0.4) is 0 Å². The highest BCUT2D eigenvalue weighted by atomic mass is 79.9. The zero-order chi connectivity index (χ0) is 13.0. The van der Waals surface area contributed by atoms with E-state index in [0.29, 0.717) is 16.7 Å². The molecule has 1 aliphatic carbocycles. The van der Waals surface area contributed by atoms with Gasteiger partial charge in [-0.1, -0.05) is 66.8 Å². The molecule has 0 saturated heterocycles. The average molecular weight is 336 g/mol. The van der Waals surface area contributed by atoms with E-state index in [9.17, 15) is 0 Å². The van der Waals surface area contributed by atoms with E-state index in [1.807, 2.05) is 18.2 Å². The van der Waals surface area contributed by atoms with Gasteiger partial charge in [0.2, 0.25) is 0 Å². The van der Waals surface area contributed by atoms with E-state index < -0.39 is 0 Å². The van der Waals surface area contributed by atoms with Crippen molar-refractivity contribution in [3.05, 3.63) is 33.8 Å². The van der Waals surface area contributed by atoms with Gasteiger partial charge in [0, 0.05) is 14.9 Å². The molecule has 0 nitrogen and oxygen atoms in total. The van der Waals surface area contributed by atoms with E-state index in [1.165, 1.54) is 0 Å². The first-order valence-electron chi connectivity index (χ1n) is 5.78. The van der Waals surface area contributed by atoms with Gasteiger partial charge in [-0.25, -0.2) is 0 Å². The molecule has 0 spiro atoms. The number of rotatable bonds is 2. The largest absolute Gasteiger partial charge is 0.0843 e. The highest BCUT2D eigenvalue weighted by Gasteiger charge is 2.67. The van der Waals surface area contributed by atoms with Crippen LogP contribution in [0.1, 0.15) is 38.1 Å². The van der Waals surface area contributed by atoms with Crippen molar-refractivity contribution in [2.24, 2.45) is 16.7 Å². The van der Waals surface area contributed by atoms with Gasteiger partial charge in [0.1, 0.15) is 0 Å². The van der Waals surface area contributed by atoms with Gasteiger partial charge in [-0.2, -0.15) is 0 Å². The van der Waals surface area contributed by atoms with Crippen LogP contribution in [-0.2, 0) is 0 Å². The molecular weight excluding hydrogens is 319 g/mol. The van der Waals surface area contributed by atoms with Gasteiger partial charge in [0.25, 0.3) is 0 Å². The highest BCUT2D eigenvalue weighted by Crippen LogP contribution is 2.74. The number of hydrogen-bond donors (Lipinski definition) is 0. The smallest absolute Gasteiger partial charge is 0.0450 e. The highest BCUT2D eigenvalue weighted by molar-refractivity contribution is 9.09. The first-order valence-corrected chi connectivity index (χ1v) is 7.46.